The second kappa shape index (κ2) is 2.82. The van der Waals surface area contributed by atoms with E-state index < -0.39 is 8.32 Å². The van der Waals surface area contributed by atoms with Crippen LogP contribution < -0.4 is 0 Å². The first-order chi connectivity index (χ1) is 2.00. The third-order valence-corrected chi connectivity index (χ3v) is 0. The van der Waals surface area contributed by atoms with E-state index in [9.17, 15) is 0 Å². The van der Waals surface area contributed by atoms with E-state index >= 15 is 0 Å². The van der Waals surface area contributed by atoms with Crippen molar-refractivity contribution in [2.75, 3.05) is 0 Å². The van der Waals surface area contributed by atoms with E-state index in [2.05, 4.69) is 0 Å². The van der Waals surface area contributed by atoms with Crippen molar-refractivity contribution in [2.24, 2.45) is 0 Å². The van der Waals surface area contributed by atoms with Crippen molar-refractivity contribution < 1.29 is 4.80 Å². The van der Waals surface area contributed by atoms with Gasteiger partial charge in [0, 0.05) is 0 Å². The average molecular weight is 167 g/mol. The molecule has 0 atom stereocenters. The molecule has 3 heteroatoms. The fraction of sp³-hybridized carbons (Fsp3) is 1.00. The fourth-order valence-electron chi connectivity index (χ4n) is 0. The molecule has 1 nitrogen and oxygen atoms in total. The topological polar surface area (TPSA) is 20.2 Å². The Bertz CT molecular complexity index is 26.3. The number of rotatable bonds is 0. The molecule has 0 amide bonds. The van der Waals surface area contributed by atoms with E-state index in [4.69, 9.17) is 4.80 Å². The van der Waals surface area contributed by atoms with Crippen LogP contribution in [0.4, 0.5) is 0 Å². The molecule has 0 heterocycles. The minimum absolute atomic E-state index is 0. The molecule has 1 N–H and O–H groups in total. The van der Waals surface area contributed by atoms with Gasteiger partial charge in [-0.3, -0.25) is 0 Å². The van der Waals surface area contributed by atoms with Crippen molar-refractivity contribution in [3.63, 3.8) is 0 Å². The van der Waals surface area contributed by atoms with Crippen LogP contribution in [0.25, 0.3) is 0 Å². The Balaban J connectivity index is 0. The summed E-state index contributed by atoms with van der Waals surface area (Å²) in [6.07, 6.45) is 0. The monoisotopic (exact) mass is 168 g/mol. The quantitative estimate of drug-likeness (QED) is 0.475. The van der Waals surface area contributed by atoms with Crippen molar-refractivity contribution in [2.45, 2.75) is 19.6 Å². The van der Waals surface area contributed by atoms with E-state index in [0.29, 0.717) is 0 Å². The van der Waals surface area contributed by atoms with E-state index in [0.717, 1.165) is 0 Å². The first-order valence-electron chi connectivity index (χ1n) is 1.72. The zero-order valence-electron chi connectivity index (χ0n) is 3.95. The Kier molecular flexibility index (Phi) is 4.64. The molecule has 6 heavy (non-hydrogen) atoms. The first kappa shape index (κ1) is 9.87. The maximum absolute atomic E-state index is 8.66. The SMILES string of the molecule is C[Si](C)(C)O.[GeH4]. The van der Waals surface area contributed by atoms with Crippen LogP contribution in [0.1, 0.15) is 0 Å². The molecule has 0 aliphatic rings. The van der Waals surface area contributed by atoms with Crippen LogP contribution in [0.3, 0.4) is 0 Å². The molecule has 0 aromatic heterocycles. The molecule has 0 fully saturated rings. The van der Waals surface area contributed by atoms with Crippen LogP contribution in [-0.2, 0) is 0 Å². The van der Waals surface area contributed by atoms with Gasteiger partial charge in [-0.05, 0) is 19.6 Å². The summed E-state index contributed by atoms with van der Waals surface area (Å²) in [6, 6.07) is 0. The summed E-state index contributed by atoms with van der Waals surface area (Å²) in [5.41, 5.74) is 0. The third-order valence-electron chi connectivity index (χ3n) is 0. The molecule has 0 aromatic rings. The van der Waals surface area contributed by atoms with E-state index in [1.54, 1.807) is 0 Å². The van der Waals surface area contributed by atoms with Gasteiger partial charge in [0.2, 0.25) is 0 Å². The van der Waals surface area contributed by atoms with Crippen LogP contribution >= 0.6 is 0 Å². The van der Waals surface area contributed by atoms with Gasteiger partial charge in [0.1, 0.15) is 0 Å². The Morgan fingerprint density at radius 3 is 1.17 bits per heavy atom. The summed E-state index contributed by atoms with van der Waals surface area (Å²) in [4.78, 5) is 8.66. The van der Waals surface area contributed by atoms with Gasteiger partial charge in [0.15, 0.2) is 8.32 Å². The van der Waals surface area contributed by atoms with E-state index in [1.807, 2.05) is 19.6 Å². The molecule has 40 valence electrons. The molecule has 0 saturated carbocycles. The second-order valence-electron chi connectivity index (χ2n) is 2.17. The molecule has 0 saturated heterocycles. The number of hydrogen-bond acceptors (Lipinski definition) is 1. The Labute approximate surface area is 50.9 Å². The zero-order chi connectivity index (χ0) is 4.50. The third kappa shape index (κ3) is 126. The molecule has 0 aliphatic carbocycles. The summed E-state index contributed by atoms with van der Waals surface area (Å²) >= 11 is 0. The summed E-state index contributed by atoms with van der Waals surface area (Å²) in [7, 11) is -1.61. The maximum atomic E-state index is 8.66. The van der Waals surface area contributed by atoms with Crippen LogP contribution in [0.2, 0.25) is 19.6 Å². The van der Waals surface area contributed by atoms with Crippen molar-refractivity contribution in [3.8, 4) is 0 Å². The van der Waals surface area contributed by atoms with Gasteiger partial charge < -0.3 is 4.80 Å². The molecule has 0 radical (unpaired) electrons. The van der Waals surface area contributed by atoms with Crippen molar-refractivity contribution in [1.29, 1.82) is 0 Å². The van der Waals surface area contributed by atoms with Crippen LogP contribution in [0.15, 0.2) is 0 Å². The van der Waals surface area contributed by atoms with Crippen LogP contribution in [-0.4, -0.2) is 30.7 Å². The first-order valence-corrected chi connectivity index (χ1v) is 5.17. The average Bonchev–Trinajstić information content (AvgIpc) is 0.722. The summed E-state index contributed by atoms with van der Waals surface area (Å²) in [5.74, 6) is 0. The predicted octanol–water partition coefficient (Wildman–Crippen LogP) is -0.638. The normalized spacial score (nSPS) is 10.0. The molecule has 0 aliphatic heterocycles. The predicted molar refractivity (Wildman–Crippen MR) is 36.9 cm³/mol. The van der Waals surface area contributed by atoms with Crippen molar-refractivity contribution >= 4 is 25.9 Å². The molecular weight excluding hydrogens is 153 g/mol. The Morgan fingerprint density at radius 2 is 1.17 bits per heavy atom. The minimum atomic E-state index is -1.61. The molecule has 0 unspecified atom stereocenters. The standard InChI is InChI=1S/C3H10OSi.GeH4/c1-5(2,3)4;/h4H,1-3H3;1H4. The summed E-state index contributed by atoms with van der Waals surface area (Å²) < 4.78 is 0. The van der Waals surface area contributed by atoms with Gasteiger partial charge in [0.25, 0.3) is 0 Å². The van der Waals surface area contributed by atoms with Crippen molar-refractivity contribution in [1.82, 2.24) is 0 Å². The van der Waals surface area contributed by atoms with Crippen LogP contribution in [0, 0.1) is 0 Å². The van der Waals surface area contributed by atoms with Gasteiger partial charge in [-0.2, -0.15) is 0 Å². The van der Waals surface area contributed by atoms with Gasteiger partial charge in [-0.15, -0.1) is 0 Å². The van der Waals surface area contributed by atoms with Gasteiger partial charge in [-0.1, -0.05) is 0 Å². The number of hydrogen-bond donors (Lipinski definition) is 1. The summed E-state index contributed by atoms with van der Waals surface area (Å²) in [6.45, 7) is 5.65. The molecule has 0 aromatic carbocycles. The zero-order valence-corrected chi connectivity index (χ0v) is 4.95. The van der Waals surface area contributed by atoms with E-state index in [-0.39, 0.29) is 17.6 Å². The Hall–Kier alpha value is 0.720. The van der Waals surface area contributed by atoms with Gasteiger partial charge >= 0.3 is 17.6 Å². The second-order valence-corrected chi connectivity index (χ2v) is 6.51. The van der Waals surface area contributed by atoms with Crippen molar-refractivity contribution in [3.05, 3.63) is 0 Å². The Morgan fingerprint density at radius 1 is 1.17 bits per heavy atom. The van der Waals surface area contributed by atoms with Gasteiger partial charge in [0.05, 0.1) is 0 Å². The summed E-state index contributed by atoms with van der Waals surface area (Å²) in [5, 5.41) is 0. The van der Waals surface area contributed by atoms with Gasteiger partial charge in [-0.25, -0.2) is 0 Å². The van der Waals surface area contributed by atoms with E-state index in [1.165, 1.54) is 0 Å². The fourth-order valence-corrected chi connectivity index (χ4v) is 0. The molecule has 0 bridgehead atoms. The van der Waals surface area contributed by atoms with Crippen LogP contribution in [0.5, 0.6) is 0 Å². The molecule has 0 rings (SSSR count). The molecular formula is C3H14GeOSi. The molecule has 0 spiro atoms.